The summed E-state index contributed by atoms with van der Waals surface area (Å²) in [5, 5.41) is 0. The highest BCUT2D eigenvalue weighted by Gasteiger charge is 1.84. The molecule has 0 heterocycles. The molecule has 0 saturated carbocycles. The minimum absolute atomic E-state index is 1.31. The van der Waals surface area contributed by atoms with Gasteiger partial charge in [-0.25, -0.2) is 0 Å². The third kappa shape index (κ3) is 3.22. The predicted molar refractivity (Wildman–Crippen MR) is 45.3 cm³/mol. The lowest BCUT2D eigenvalue weighted by molar-refractivity contribution is 2.07. The maximum atomic E-state index is 3.59. The van der Waals surface area contributed by atoms with E-state index in [4.69, 9.17) is 0 Å². The zero-order valence-corrected chi connectivity index (χ0v) is 6.81. The first-order chi connectivity index (χ1) is 3.85. The van der Waals surface area contributed by atoms with Crippen molar-refractivity contribution in [2.75, 3.05) is 12.5 Å². The van der Waals surface area contributed by atoms with E-state index in [1.165, 1.54) is 4.24 Å². The van der Waals surface area contributed by atoms with Crippen LogP contribution >= 0.6 is 23.5 Å². The second-order valence-electron chi connectivity index (χ2n) is 1.13. The summed E-state index contributed by atoms with van der Waals surface area (Å²) in [6, 6.07) is 0. The molecule has 0 aromatic heterocycles. The largest absolute Gasteiger partial charge is 0.123 e. The summed E-state index contributed by atoms with van der Waals surface area (Å²) in [6.07, 6.45) is 7.94. The van der Waals surface area contributed by atoms with Crippen LogP contribution in [0.2, 0.25) is 0 Å². The van der Waals surface area contributed by atoms with Crippen LogP contribution in [0.4, 0.5) is 0 Å². The fourth-order valence-electron chi connectivity index (χ4n) is 0.316. The van der Waals surface area contributed by atoms with Gasteiger partial charge >= 0.3 is 0 Å². The molecule has 0 N–H and O–H groups in total. The first-order valence-corrected chi connectivity index (χ1v) is 4.70. The number of hydrogen-bond donors (Lipinski definition) is 0. The molecule has 8 heavy (non-hydrogen) atoms. The number of hydrogen-bond acceptors (Lipinski definition) is 2. The van der Waals surface area contributed by atoms with Crippen molar-refractivity contribution in [3.8, 4) is 0 Å². The van der Waals surface area contributed by atoms with E-state index in [1.807, 2.05) is 12.2 Å². The SMILES string of the molecule is C=CC=C(SC)SC. The molecule has 0 rings (SSSR count). The van der Waals surface area contributed by atoms with Gasteiger partial charge in [0.05, 0.1) is 0 Å². The molecule has 0 bridgehead atoms. The topological polar surface area (TPSA) is 0 Å². The molecule has 0 saturated heterocycles. The van der Waals surface area contributed by atoms with Gasteiger partial charge in [-0.3, -0.25) is 0 Å². The highest BCUT2D eigenvalue weighted by Crippen LogP contribution is 2.22. The Hall–Kier alpha value is 0.180. The number of allylic oxidation sites excluding steroid dienone is 2. The molecular weight excluding hydrogens is 136 g/mol. The summed E-state index contributed by atoms with van der Waals surface area (Å²) >= 11 is 3.49. The molecule has 0 aromatic rings. The Labute approximate surface area is 59.4 Å². The van der Waals surface area contributed by atoms with Gasteiger partial charge < -0.3 is 0 Å². The summed E-state index contributed by atoms with van der Waals surface area (Å²) < 4.78 is 1.31. The standard InChI is InChI=1S/C6H10S2/c1-4-5-6(7-2)8-3/h4-5H,1H2,2-3H3. The van der Waals surface area contributed by atoms with E-state index in [0.29, 0.717) is 0 Å². The summed E-state index contributed by atoms with van der Waals surface area (Å²) in [5.74, 6) is 0. The van der Waals surface area contributed by atoms with Crippen LogP contribution in [0.1, 0.15) is 0 Å². The Morgan fingerprint density at radius 1 is 1.38 bits per heavy atom. The molecule has 0 aromatic carbocycles. The van der Waals surface area contributed by atoms with Crippen LogP contribution in [0.5, 0.6) is 0 Å². The molecule has 0 amide bonds. The molecule has 2 heteroatoms. The minimum atomic E-state index is 1.31. The van der Waals surface area contributed by atoms with Gasteiger partial charge in [0.2, 0.25) is 0 Å². The van der Waals surface area contributed by atoms with Crippen LogP contribution in [-0.4, -0.2) is 12.5 Å². The molecule has 0 atom stereocenters. The predicted octanol–water partition coefficient (Wildman–Crippen LogP) is 2.74. The highest BCUT2D eigenvalue weighted by molar-refractivity contribution is 8.21. The molecule has 0 aliphatic rings. The molecule has 0 spiro atoms. The Balaban J connectivity index is 3.66. The van der Waals surface area contributed by atoms with Crippen molar-refractivity contribution in [3.63, 3.8) is 0 Å². The first kappa shape index (κ1) is 8.18. The van der Waals surface area contributed by atoms with E-state index < -0.39 is 0 Å². The quantitative estimate of drug-likeness (QED) is 0.561. The van der Waals surface area contributed by atoms with E-state index in [2.05, 4.69) is 19.1 Å². The molecule has 0 unspecified atom stereocenters. The second-order valence-corrected chi connectivity index (χ2v) is 3.08. The van der Waals surface area contributed by atoms with E-state index >= 15 is 0 Å². The highest BCUT2D eigenvalue weighted by atomic mass is 32.2. The second kappa shape index (κ2) is 5.32. The molecule has 0 nitrogen and oxygen atoms in total. The van der Waals surface area contributed by atoms with Gasteiger partial charge in [-0.15, -0.1) is 23.5 Å². The van der Waals surface area contributed by atoms with Gasteiger partial charge in [-0.05, 0) is 18.6 Å². The molecule has 0 aliphatic carbocycles. The molecule has 0 fully saturated rings. The lowest BCUT2D eigenvalue weighted by Gasteiger charge is -1.92. The van der Waals surface area contributed by atoms with E-state index in [9.17, 15) is 0 Å². The van der Waals surface area contributed by atoms with Crippen LogP contribution in [-0.2, 0) is 0 Å². The Morgan fingerprint density at radius 2 is 1.88 bits per heavy atom. The van der Waals surface area contributed by atoms with Gasteiger partial charge in [-0.1, -0.05) is 12.7 Å². The minimum Gasteiger partial charge on any atom is -0.123 e. The van der Waals surface area contributed by atoms with Gasteiger partial charge in [-0.2, -0.15) is 0 Å². The zero-order valence-electron chi connectivity index (χ0n) is 5.18. The molecule has 46 valence electrons. The summed E-state index contributed by atoms with van der Waals surface area (Å²) in [5.41, 5.74) is 0. The normalized spacial score (nSPS) is 8.25. The average molecular weight is 146 g/mol. The van der Waals surface area contributed by atoms with Gasteiger partial charge in [0.1, 0.15) is 0 Å². The van der Waals surface area contributed by atoms with E-state index in [1.54, 1.807) is 23.5 Å². The van der Waals surface area contributed by atoms with E-state index in [0.717, 1.165) is 0 Å². The zero-order chi connectivity index (χ0) is 6.41. The Kier molecular flexibility index (Phi) is 5.44. The van der Waals surface area contributed by atoms with Crippen LogP contribution in [0.15, 0.2) is 23.0 Å². The van der Waals surface area contributed by atoms with Crippen LogP contribution in [0.25, 0.3) is 0 Å². The fraction of sp³-hybridized carbons (Fsp3) is 0.333. The maximum Gasteiger partial charge on any atom is 0.0395 e. The number of rotatable bonds is 3. The van der Waals surface area contributed by atoms with E-state index in [-0.39, 0.29) is 0 Å². The van der Waals surface area contributed by atoms with Crippen molar-refractivity contribution in [2.45, 2.75) is 0 Å². The van der Waals surface area contributed by atoms with Gasteiger partial charge in [0, 0.05) is 4.24 Å². The molecule has 0 aliphatic heterocycles. The lowest BCUT2D eigenvalue weighted by Crippen LogP contribution is -1.60. The lowest BCUT2D eigenvalue weighted by atomic mass is 10.6. The van der Waals surface area contributed by atoms with Gasteiger partial charge in [0.15, 0.2) is 0 Å². The third-order valence-electron chi connectivity index (χ3n) is 0.656. The third-order valence-corrected chi connectivity index (χ3v) is 2.73. The molecule has 0 radical (unpaired) electrons. The number of thioether (sulfide) groups is 2. The Bertz CT molecular complexity index is 88.7. The van der Waals surface area contributed by atoms with Crippen molar-refractivity contribution < 1.29 is 0 Å². The van der Waals surface area contributed by atoms with Crippen LogP contribution < -0.4 is 0 Å². The van der Waals surface area contributed by atoms with Crippen molar-refractivity contribution in [1.82, 2.24) is 0 Å². The summed E-state index contributed by atoms with van der Waals surface area (Å²) in [6.45, 7) is 3.59. The maximum absolute atomic E-state index is 3.59. The summed E-state index contributed by atoms with van der Waals surface area (Å²) in [4.78, 5) is 0. The van der Waals surface area contributed by atoms with Crippen molar-refractivity contribution in [1.29, 1.82) is 0 Å². The van der Waals surface area contributed by atoms with Crippen molar-refractivity contribution in [2.24, 2.45) is 0 Å². The van der Waals surface area contributed by atoms with Crippen LogP contribution in [0.3, 0.4) is 0 Å². The first-order valence-electron chi connectivity index (χ1n) is 2.26. The van der Waals surface area contributed by atoms with Crippen LogP contribution in [0, 0.1) is 0 Å². The summed E-state index contributed by atoms with van der Waals surface area (Å²) in [7, 11) is 0. The smallest absolute Gasteiger partial charge is 0.0395 e. The average Bonchev–Trinajstić information content (AvgIpc) is 1.83. The monoisotopic (exact) mass is 146 g/mol. The molecular formula is C6H10S2. The van der Waals surface area contributed by atoms with Crippen molar-refractivity contribution in [3.05, 3.63) is 23.0 Å². The van der Waals surface area contributed by atoms with Crippen molar-refractivity contribution >= 4 is 23.5 Å². The fourth-order valence-corrected chi connectivity index (χ4v) is 1.45. The Morgan fingerprint density at radius 3 is 2.00 bits per heavy atom. The van der Waals surface area contributed by atoms with Gasteiger partial charge in [0.25, 0.3) is 0 Å².